The van der Waals surface area contributed by atoms with Gasteiger partial charge in [0.1, 0.15) is 5.69 Å². The third-order valence-corrected chi connectivity index (χ3v) is 1.08. The molecule has 2 rings (SSSR count). The zero-order valence-corrected chi connectivity index (χ0v) is 4.57. The maximum atomic E-state index is 3.70. The van der Waals surface area contributed by atoms with Gasteiger partial charge in [0.2, 0.25) is 0 Å². The Morgan fingerprint density at radius 2 is 2.56 bits per heavy atom. The van der Waals surface area contributed by atoms with Crippen LogP contribution in [0.1, 0.15) is 5.69 Å². The Balaban J connectivity index is 2.53. The van der Waals surface area contributed by atoms with Crippen LogP contribution in [0.4, 0.5) is 0 Å². The summed E-state index contributed by atoms with van der Waals surface area (Å²) in [7, 11) is 0. The molecule has 46 valence electrons. The van der Waals surface area contributed by atoms with Crippen LogP contribution in [-0.4, -0.2) is 15.1 Å². The number of nitrogens with zero attached hydrogens (tertiary/aromatic N) is 3. The summed E-state index contributed by atoms with van der Waals surface area (Å²) in [5.41, 5.74) is 6.44. The normalized spacial score (nSPS) is 13.8. The lowest BCUT2D eigenvalue weighted by Crippen LogP contribution is -2.30. The van der Waals surface area contributed by atoms with E-state index in [0.29, 0.717) is 0 Å². The van der Waals surface area contributed by atoms with E-state index >= 15 is 0 Å². The number of hydrogen-bond donors (Lipinski definition) is 2. The molecule has 0 saturated heterocycles. The van der Waals surface area contributed by atoms with Crippen molar-refractivity contribution < 1.29 is 0 Å². The molecular weight excluding hydrogens is 118 g/mol. The second kappa shape index (κ2) is 1.48. The topological polar surface area (TPSA) is 54.8 Å². The zero-order chi connectivity index (χ0) is 6.10. The number of hydrazine groups is 1. The molecule has 0 fully saturated rings. The Bertz CT molecular complexity index is 237. The van der Waals surface area contributed by atoms with Crippen molar-refractivity contribution in [3.05, 3.63) is 18.1 Å². The lowest BCUT2D eigenvalue weighted by molar-refractivity contribution is 0.650. The van der Waals surface area contributed by atoms with Gasteiger partial charge < -0.3 is 0 Å². The number of aromatic nitrogens is 3. The smallest absolute Gasteiger partial charge is 0.108 e. The molecule has 0 radical (unpaired) electrons. The van der Waals surface area contributed by atoms with Gasteiger partial charge in [-0.2, -0.15) is 0 Å². The second-order valence-electron chi connectivity index (χ2n) is 1.66. The van der Waals surface area contributed by atoms with E-state index < -0.39 is 0 Å². The molecule has 0 saturated carbocycles. The van der Waals surface area contributed by atoms with E-state index in [1.807, 2.05) is 6.08 Å². The molecule has 2 N–H and O–H groups in total. The molecule has 0 aliphatic carbocycles. The summed E-state index contributed by atoms with van der Waals surface area (Å²) in [6, 6.07) is 0. The van der Waals surface area contributed by atoms with Crippen molar-refractivity contribution in [2.75, 3.05) is 5.53 Å². The zero-order valence-electron chi connectivity index (χ0n) is 4.57. The summed E-state index contributed by atoms with van der Waals surface area (Å²) in [5.74, 6) is 0. The van der Waals surface area contributed by atoms with Gasteiger partial charge >= 0.3 is 0 Å². The molecule has 0 unspecified atom stereocenters. The molecule has 9 heavy (non-hydrogen) atoms. The summed E-state index contributed by atoms with van der Waals surface area (Å²) in [6.07, 6.45) is 5.32. The van der Waals surface area contributed by atoms with Crippen LogP contribution < -0.4 is 11.0 Å². The summed E-state index contributed by atoms with van der Waals surface area (Å²) in [6.45, 7) is 0. The number of rotatable bonds is 0. The van der Waals surface area contributed by atoms with E-state index in [1.54, 1.807) is 17.2 Å². The summed E-state index contributed by atoms with van der Waals surface area (Å²) < 4.78 is 0. The molecular formula is C4H5N5. The maximum Gasteiger partial charge on any atom is 0.108 e. The second-order valence-corrected chi connectivity index (χ2v) is 1.66. The Morgan fingerprint density at radius 3 is 3.44 bits per heavy atom. The van der Waals surface area contributed by atoms with Crippen LogP contribution in [0.15, 0.2) is 12.4 Å². The first-order valence-electron chi connectivity index (χ1n) is 2.55. The standard InChI is InChI=1S/C4H5N5/c1-2-5-7-9-4(1)3-6-8-9/h1-3,5,7H. The van der Waals surface area contributed by atoms with Crippen LogP contribution in [0.2, 0.25) is 0 Å². The van der Waals surface area contributed by atoms with E-state index in [0.717, 1.165) is 5.69 Å². The largest absolute Gasteiger partial charge is 0.292 e. The fourth-order valence-electron chi connectivity index (χ4n) is 0.669. The highest BCUT2D eigenvalue weighted by molar-refractivity contribution is 5.44. The minimum atomic E-state index is 0.939. The van der Waals surface area contributed by atoms with Crippen molar-refractivity contribution in [1.29, 1.82) is 0 Å². The van der Waals surface area contributed by atoms with E-state index in [1.165, 1.54) is 0 Å². The minimum Gasteiger partial charge on any atom is -0.292 e. The Hall–Kier alpha value is -1.52. The van der Waals surface area contributed by atoms with Gasteiger partial charge in [0.15, 0.2) is 0 Å². The van der Waals surface area contributed by atoms with Gasteiger partial charge in [0.05, 0.1) is 6.20 Å². The first kappa shape index (κ1) is 4.37. The average molecular weight is 123 g/mol. The van der Waals surface area contributed by atoms with Crippen molar-refractivity contribution in [1.82, 2.24) is 20.5 Å². The van der Waals surface area contributed by atoms with Gasteiger partial charge in [-0.05, 0) is 11.3 Å². The van der Waals surface area contributed by atoms with Crippen LogP contribution in [0, 0.1) is 0 Å². The lowest BCUT2D eigenvalue weighted by atomic mass is 10.4. The summed E-state index contributed by atoms with van der Waals surface area (Å²) in [5, 5.41) is 7.36. The van der Waals surface area contributed by atoms with Gasteiger partial charge in [0, 0.05) is 6.20 Å². The first-order valence-corrected chi connectivity index (χ1v) is 2.55. The molecule has 2 heterocycles. The van der Waals surface area contributed by atoms with Crippen LogP contribution in [0.5, 0.6) is 0 Å². The molecule has 5 nitrogen and oxygen atoms in total. The highest BCUT2D eigenvalue weighted by atomic mass is 15.7. The van der Waals surface area contributed by atoms with E-state index in [2.05, 4.69) is 21.3 Å². The SMILES string of the molecule is C1=Cc2cnnn2NN1. The molecule has 0 aromatic carbocycles. The fraction of sp³-hybridized carbons (Fsp3) is 0. The van der Waals surface area contributed by atoms with E-state index in [4.69, 9.17) is 0 Å². The van der Waals surface area contributed by atoms with Crippen LogP contribution in [0.25, 0.3) is 6.08 Å². The van der Waals surface area contributed by atoms with Gasteiger partial charge in [-0.3, -0.25) is 5.43 Å². The van der Waals surface area contributed by atoms with Gasteiger partial charge in [0.25, 0.3) is 0 Å². The van der Waals surface area contributed by atoms with Crippen molar-refractivity contribution in [3.8, 4) is 0 Å². The Morgan fingerprint density at radius 1 is 1.56 bits per heavy atom. The summed E-state index contributed by atoms with van der Waals surface area (Å²) in [4.78, 5) is 1.54. The van der Waals surface area contributed by atoms with Crippen LogP contribution >= 0.6 is 0 Å². The Labute approximate surface area is 51.3 Å². The van der Waals surface area contributed by atoms with Crippen molar-refractivity contribution in [3.63, 3.8) is 0 Å². The molecule has 1 aromatic heterocycles. The molecule has 0 spiro atoms. The number of nitrogens with one attached hydrogen (secondary N) is 2. The fourth-order valence-corrected chi connectivity index (χ4v) is 0.669. The van der Waals surface area contributed by atoms with E-state index in [9.17, 15) is 0 Å². The predicted molar refractivity (Wildman–Crippen MR) is 31.6 cm³/mol. The monoisotopic (exact) mass is 123 g/mol. The molecule has 1 aliphatic heterocycles. The maximum absolute atomic E-state index is 3.70. The molecule has 5 heteroatoms. The third kappa shape index (κ3) is 0.543. The quantitative estimate of drug-likeness (QED) is 0.479. The highest BCUT2D eigenvalue weighted by Gasteiger charge is 2.00. The van der Waals surface area contributed by atoms with E-state index in [-0.39, 0.29) is 0 Å². The van der Waals surface area contributed by atoms with Crippen molar-refractivity contribution >= 4 is 6.08 Å². The highest BCUT2D eigenvalue weighted by Crippen LogP contribution is 1.97. The third-order valence-electron chi connectivity index (χ3n) is 1.08. The van der Waals surface area contributed by atoms with Crippen LogP contribution in [0.3, 0.4) is 0 Å². The van der Waals surface area contributed by atoms with Gasteiger partial charge in [-0.25, -0.2) is 5.53 Å². The molecule has 1 aliphatic rings. The molecule has 0 amide bonds. The molecule has 0 bridgehead atoms. The molecule has 1 aromatic rings. The van der Waals surface area contributed by atoms with Crippen molar-refractivity contribution in [2.24, 2.45) is 0 Å². The number of hydrogen-bond acceptors (Lipinski definition) is 4. The summed E-state index contributed by atoms with van der Waals surface area (Å²) >= 11 is 0. The number of fused-ring (bicyclic) bond motifs is 1. The minimum absolute atomic E-state index is 0.939. The lowest BCUT2D eigenvalue weighted by Gasteiger charge is -2.09. The average Bonchev–Trinajstić information content (AvgIpc) is 2.33. The Kier molecular flexibility index (Phi) is 0.717. The predicted octanol–water partition coefficient (Wildman–Crippen LogP) is -0.690. The first-order chi connectivity index (χ1) is 4.47. The van der Waals surface area contributed by atoms with Crippen molar-refractivity contribution in [2.45, 2.75) is 0 Å². The molecule has 0 atom stereocenters. The van der Waals surface area contributed by atoms with Gasteiger partial charge in [-0.1, -0.05) is 0 Å². The van der Waals surface area contributed by atoms with Crippen LogP contribution in [-0.2, 0) is 0 Å². The van der Waals surface area contributed by atoms with Gasteiger partial charge in [-0.15, -0.1) is 9.89 Å².